The van der Waals surface area contributed by atoms with Gasteiger partial charge >= 0.3 is 0 Å². The number of sulfone groups is 1. The van der Waals surface area contributed by atoms with Crippen LogP contribution < -0.4 is 10.6 Å². The van der Waals surface area contributed by atoms with E-state index in [9.17, 15) is 8.42 Å². The Morgan fingerprint density at radius 1 is 1.14 bits per heavy atom. The van der Waals surface area contributed by atoms with Gasteiger partial charge in [-0.15, -0.1) is 0 Å². The van der Waals surface area contributed by atoms with Crippen molar-refractivity contribution in [1.82, 2.24) is 10.6 Å². The number of hydrogen-bond donors (Lipinski definition) is 2. The third kappa shape index (κ3) is 4.93. The molecule has 0 aromatic heterocycles. The lowest BCUT2D eigenvalue weighted by molar-refractivity contribution is 0.517. The smallest absolute Gasteiger partial charge is 0.153 e. The molecule has 4 nitrogen and oxygen atoms in total. The third-order valence-corrected chi connectivity index (χ3v) is 4.43. The van der Waals surface area contributed by atoms with Crippen LogP contribution in [-0.4, -0.2) is 45.6 Å². The Balaban J connectivity index is 3.79. The van der Waals surface area contributed by atoms with Crippen LogP contribution in [0.15, 0.2) is 0 Å². The zero-order valence-electron chi connectivity index (χ0n) is 9.55. The molecule has 0 fully saturated rings. The van der Waals surface area contributed by atoms with E-state index in [1.807, 2.05) is 6.92 Å². The van der Waals surface area contributed by atoms with Crippen LogP contribution in [0.1, 0.15) is 20.8 Å². The van der Waals surface area contributed by atoms with E-state index in [1.54, 1.807) is 13.8 Å². The van der Waals surface area contributed by atoms with Crippen molar-refractivity contribution in [2.45, 2.75) is 25.5 Å². The second kappa shape index (κ2) is 5.68. The molecule has 0 unspecified atom stereocenters. The Morgan fingerprint density at radius 2 is 1.64 bits per heavy atom. The minimum atomic E-state index is -2.98. The summed E-state index contributed by atoms with van der Waals surface area (Å²) in [5.74, 6) is 0. The lowest BCUT2D eigenvalue weighted by Crippen LogP contribution is -2.43. The minimum absolute atomic E-state index is 0.497. The SMILES string of the molecule is CCNCCNCC(C)(C)S(C)(=O)=O. The highest BCUT2D eigenvalue weighted by Crippen LogP contribution is 2.12. The summed E-state index contributed by atoms with van der Waals surface area (Å²) in [4.78, 5) is 0. The van der Waals surface area contributed by atoms with Crippen LogP contribution >= 0.6 is 0 Å². The average Bonchev–Trinajstić information content (AvgIpc) is 2.02. The molecule has 0 aliphatic rings. The molecule has 0 aliphatic carbocycles. The van der Waals surface area contributed by atoms with Gasteiger partial charge in [-0.3, -0.25) is 0 Å². The van der Waals surface area contributed by atoms with Crippen molar-refractivity contribution >= 4 is 9.84 Å². The van der Waals surface area contributed by atoms with Crippen LogP contribution in [0, 0.1) is 0 Å². The molecule has 5 heteroatoms. The molecule has 0 saturated carbocycles. The standard InChI is InChI=1S/C9H22N2O2S/c1-5-10-6-7-11-8-9(2,3)14(4,12)13/h10-11H,5-8H2,1-4H3. The summed E-state index contributed by atoms with van der Waals surface area (Å²) in [6.07, 6.45) is 1.28. The summed E-state index contributed by atoms with van der Waals surface area (Å²) in [6.45, 7) is 8.63. The molecule has 0 rings (SSSR count). The van der Waals surface area contributed by atoms with Crippen LogP contribution in [0.4, 0.5) is 0 Å². The summed E-state index contributed by atoms with van der Waals surface area (Å²) in [5.41, 5.74) is 0. The Bertz CT molecular complexity index is 248. The van der Waals surface area contributed by atoms with Crippen molar-refractivity contribution in [3.8, 4) is 0 Å². The average molecular weight is 222 g/mol. The molecule has 0 radical (unpaired) electrons. The first kappa shape index (κ1) is 13.9. The zero-order chi connectivity index (χ0) is 11.2. The van der Waals surface area contributed by atoms with Gasteiger partial charge in [-0.25, -0.2) is 8.42 Å². The lowest BCUT2D eigenvalue weighted by atomic mass is 10.2. The van der Waals surface area contributed by atoms with Crippen LogP contribution in [0.3, 0.4) is 0 Å². The summed E-state index contributed by atoms with van der Waals surface area (Å²) >= 11 is 0. The van der Waals surface area contributed by atoms with Crippen molar-refractivity contribution in [2.75, 3.05) is 32.4 Å². The van der Waals surface area contributed by atoms with Crippen molar-refractivity contribution in [3.63, 3.8) is 0 Å². The molecule has 0 saturated heterocycles. The maximum Gasteiger partial charge on any atom is 0.153 e. The summed E-state index contributed by atoms with van der Waals surface area (Å²) < 4.78 is 22.0. The highest BCUT2D eigenvalue weighted by Gasteiger charge is 2.29. The van der Waals surface area contributed by atoms with E-state index >= 15 is 0 Å². The van der Waals surface area contributed by atoms with Crippen LogP contribution in [-0.2, 0) is 9.84 Å². The van der Waals surface area contributed by atoms with Gasteiger partial charge in [-0.05, 0) is 20.4 Å². The van der Waals surface area contributed by atoms with Crippen LogP contribution in [0.5, 0.6) is 0 Å². The number of nitrogens with one attached hydrogen (secondary N) is 2. The van der Waals surface area contributed by atoms with Gasteiger partial charge in [0.25, 0.3) is 0 Å². The number of hydrogen-bond acceptors (Lipinski definition) is 4. The van der Waals surface area contributed by atoms with Gasteiger partial charge in [0.05, 0.1) is 4.75 Å². The maximum atomic E-state index is 11.3. The fourth-order valence-electron chi connectivity index (χ4n) is 0.874. The third-order valence-electron chi connectivity index (χ3n) is 2.28. The maximum absolute atomic E-state index is 11.3. The van der Waals surface area contributed by atoms with Gasteiger partial charge in [0, 0.05) is 25.9 Å². The molecular formula is C9H22N2O2S. The van der Waals surface area contributed by atoms with E-state index in [-0.39, 0.29) is 0 Å². The van der Waals surface area contributed by atoms with E-state index in [0.29, 0.717) is 6.54 Å². The molecule has 14 heavy (non-hydrogen) atoms. The molecule has 86 valence electrons. The molecule has 2 N–H and O–H groups in total. The molecule has 0 amide bonds. The molecule has 0 spiro atoms. The molecule has 0 bridgehead atoms. The Kier molecular flexibility index (Phi) is 5.63. The first-order valence-electron chi connectivity index (χ1n) is 4.92. The first-order chi connectivity index (χ1) is 6.31. The second-order valence-corrected chi connectivity index (χ2v) is 6.71. The first-order valence-corrected chi connectivity index (χ1v) is 6.81. The van der Waals surface area contributed by atoms with Crippen molar-refractivity contribution < 1.29 is 8.42 Å². The highest BCUT2D eigenvalue weighted by atomic mass is 32.2. The Labute approximate surface area is 87.4 Å². The topological polar surface area (TPSA) is 58.2 Å². The normalized spacial score (nSPS) is 13.1. The largest absolute Gasteiger partial charge is 0.316 e. The van der Waals surface area contributed by atoms with Gasteiger partial charge < -0.3 is 10.6 Å². The predicted octanol–water partition coefficient (Wildman–Crippen LogP) is 0.00870. The lowest BCUT2D eigenvalue weighted by Gasteiger charge is -2.22. The summed E-state index contributed by atoms with van der Waals surface area (Å²) in [6, 6.07) is 0. The highest BCUT2D eigenvalue weighted by molar-refractivity contribution is 7.92. The molecule has 0 heterocycles. The number of rotatable bonds is 7. The monoisotopic (exact) mass is 222 g/mol. The van der Waals surface area contributed by atoms with Gasteiger partial charge in [0.15, 0.2) is 9.84 Å². The van der Waals surface area contributed by atoms with E-state index in [4.69, 9.17) is 0 Å². The van der Waals surface area contributed by atoms with E-state index in [1.165, 1.54) is 6.26 Å². The molecule has 0 atom stereocenters. The van der Waals surface area contributed by atoms with E-state index in [2.05, 4.69) is 10.6 Å². The van der Waals surface area contributed by atoms with Crippen molar-refractivity contribution in [3.05, 3.63) is 0 Å². The predicted molar refractivity (Wildman–Crippen MR) is 60.3 cm³/mol. The molecule has 0 aromatic carbocycles. The van der Waals surface area contributed by atoms with Gasteiger partial charge in [-0.1, -0.05) is 6.92 Å². The second-order valence-electron chi connectivity index (χ2n) is 4.06. The Morgan fingerprint density at radius 3 is 2.07 bits per heavy atom. The molecule has 0 aliphatic heterocycles. The summed E-state index contributed by atoms with van der Waals surface area (Å²) in [7, 11) is -2.98. The Hall–Kier alpha value is -0.130. The van der Waals surface area contributed by atoms with Gasteiger partial charge in [0.2, 0.25) is 0 Å². The van der Waals surface area contributed by atoms with Gasteiger partial charge in [-0.2, -0.15) is 0 Å². The van der Waals surface area contributed by atoms with Crippen molar-refractivity contribution in [1.29, 1.82) is 0 Å². The van der Waals surface area contributed by atoms with Crippen molar-refractivity contribution in [2.24, 2.45) is 0 Å². The quantitative estimate of drug-likeness (QED) is 0.596. The fourth-order valence-corrected chi connectivity index (χ4v) is 1.24. The number of likely N-dealkylation sites (N-methyl/N-ethyl adjacent to an activating group) is 1. The fraction of sp³-hybridized carbons (Fsp3) is 1.00. The van der Waals surface area contributed by atoms with E-state index in [0.717, 1.165) is 19.6 Å². The molecular weight excluding hydrogens is 200 g/mol. The van der Waals surface area contributed by atoms with Gasteiger partial charge in [0.1, 0.15) is 0 Å². The van der Waals surface area contributed by atoms with Crippen LogP contribution in [0.2, 0.25) is 0 Å². The minimum Gasteiger partial charge on any atom is -0.316 e. The summed E-state index contributed by atoms with van der Waals surface area (Å²) in [5, 5.41) is 6.29. The van der Waals surface area contributed by atoms with E-state index < -0.39 is 14.6 Å². The zero-order valence-corrected chi connectivity index (χ0v) is 10.4. The molecule has 0 aromatic rings. The van der Waals surface area contributed by atoms with Crippen LogP contribution in [0.25, 0.3) is 0 Å².